The number of fused-ring (bicyclic) bond motifs is 1. The number of hydrogen-bond donors (Lipinski definition) is 3. The highest BCUT2D eigenvalue weighted by molar-refractivity contribution is 5.71. The lowest BCUT2D eigenvalue weighted by Gasteiger charge is -2.22. The molecule has 0 fully saturated rings. The first-order valence-corrected chi connectivity index (χ1v) is 7.06. The molecule has 0 unspecified atom stereocenters. The second kappa shape index (κ2) is 4.88. The molecule has 0 bridgehead atoms. The molecule has 3 rings (SSSR count). The molecular weight excluding hydrogens is 264 g/mol. The van der Waals surface area contributed by atoms with Crippen LogP contribution in [0.5, 0.6) is 11.5 Å². The fourth-order valence-electron chi connectivity index (χ4n) is 2.84. The smallest absolute Gasteiger partial charge is 0.150 e. The number of benzene rings is 2. The van der Waals surface area contributed by atoms with Crippen LogP contribution in [0, 0.1) is 6.07 Å². The van der Waals surface area contributed by atoms with Crippen LogP contribution in [-0.2, 0) is 13.1 Å². The quantitative estimate of drug-likeness (QED) is 0.741. The number of rotatable bonds is 2. The fourth-order valence-corrected chi connectivity index (χ4v) is 2.84. The highest BCUT2D eigenvalue weighted by atomic mass is 16.3. The molecule has 2 aromatic rings. The molecule has 109 valence electrons. The first kappa shape index (κ1) is 13.6. The van der Waals surface area contributed by atoms with Crippen molar-refractivity contribution in [2.24, 2.45) is 0 Å². The molecule has 4 heteroatoms. The predicted octanol–water partition coefficient (Wildman–Crippen LogP) is 3.12. The fraction of sp³-hybridized carbons (Fsp3) is 0.294. The van der Waals surface area contributed by atoms with Gasteiger partial charge in [-0.1, -0.05) is 19.9 Å². The van der Waals surface area contributed by atoms with Gasteiger partial charge < -0.3 is 20.8 Å². The molecule has 0 saturated heterocycles. The van der Waals surface area contributed by atoms with Gasteiger partial charge in [-0.2, -0.15) is 0 Å². The first-order chi connectivity index (χ1) is 9.97. The van der Waals surface area contributed by atoms with Gasteiger partial charge in [-0.3, -0.25) is 0 Å². The van der Waals surface area contributed by atoms with Crippen molar-refractivity contribution in [3.63, 3.8) is 0 Å². The van der Waals surface area contributed by atoms with E-state index >= 15 is 0 Å². The number of anilines is 2. The Labute approximate surface area is 124 Å². The maximum Gasteiger partial charge on any atom is 0.150 e. The van der Waals surface area contributed by atoms with Crippen molar-refractivity contribution in [3.8, 4) is 11.5 Å². The third-order valence-corrected chi connectivity index (χ3v) is 3.98. The number of nitrogen functional groups attached to an aromatic ring is 1. The minimum Gasteiger partial charge on any atom is -0.505 e. The highest BCUT2D eigenvalue weighted by Crippen LogP contribution is 2.44. The third kappa shape index (κ3) is 2.27. The van der Waals surface area contributed by atoms with Crippen LogP contribution in [0.3, 0.4) is 0 Å². The van der Waals surface area contributed by atoms with E-state index in [2.05, 4.69) is 6.07 Å². The lowest BCUT2D eigenvalue weighted by atomic mass is 10.0. The number of aromatic hydroxyl groups is 2. The molecule has 0 spiro atoms. The number of nitrogens with two attached hydrogens (primary N) is 1. The Morgan fingerprint density at radius 2 is 1.90 bits per heavy atom. The third-order valence-electron chi connectivity index (χ3n) is 3.98. The van der Waals surface area contributed by atoms with Crippen molar-refractivity contribution in [3.05, 3.63) is 47.0 Å². The molecule has 0 aromatic heterocycles. The molecule has 2 aromatic carbocycles. The van der Waals surface area contributed by atoms with Gasteiger partial charge in [0.2, 0.25) is 0 Å². The minimum absolute atomic E-state index is 0.0160. The van der Waals surface area contributed by atoms with Gasteiger partial charge in [0, 0.05) is 24.8 Å². The topological polar surface area (TPSA) is 69.7 Å². The van der Waals surface area contributed by atoms with Crippen LogP contribution in [0.25, 0.3) is 0 Å². The molecular formula is C17H19N2O2. The van der Waals surface area contributed by atoms with E-state index in [1.807, 2.05) is 36.9 Å². The molecule has 0 saturated carbocycles. The maximum atomic E-state index is 10.5. The van der Waals surface area contributed by atoms with Crippen molar-refractivity contribution < 1.29 is 10.2 Å². The highest BCUT2D eigenvalue weighted by Gasteiger charge is 2.26. The summed E-state index contributed by atoms with van der Waals surface area (Å²) in [6.45, 7) is 5.27. The Bertz CT molecular complexity index is 695. The zero-order valence-electron chi connectivity index (χ0n) is 12.2. The number of phenolic OH excluding ortho intramolecular Hbond substituents is 2. The van der Waals surface area contributed by atoms with E-state index in [9.17, 15) is 10.2 Å². The van der Waals surface area contributed by atoms with Gasteiger partial charge in [-0.15, -0.1) is 0 Å². The van der Waals surface area contributed by atoms with Gasteiger partial charge in [-0.05, 0) is 40.8 Å². The summed E-state index contributed by atoms with van der Waals surface area (Å²) in [5.74, 6) is 0.293. The molecule has 0 aliphatic carbocycles. The van der Waals surface area contributed by atoms with Gasteiger partial charge in [0.1, 0.15) is 11.4 Å². The predicted molar refractivity (Wildman–Crippen MR) is 83.4 cm³/mol. The summed E-state index contributed by atoms with van der Waals surface area (Å²) < 4.78 is 0. The Kier molecular flexibility index (Phi) is 3.16. The van der Waals surface area contributed by atoms with Crippen molar-refractivity contribution in [2.45, 2.75) is 32.9 Å². The molecule has 1 aliphatic rings. The Morgan fingerprint density at radius 3 is 2.62 bits per heavy atom. The molecule has 1 aliphatic heterocycles. The first-order valence-electron chi connectivity index (χ1n) is 7.06. The Morgan fingerprint density at radius 1 is 1.19 bits per heavy atom. The lowest BCUT2D eigenvalue weighted by Crippen LogP contribution is -2.15. The van der Waals surface area contributed by atoms with E-state index in [0.717, 1.165) is 22.4 Å². The standard InChI is InChI=1S/C17H19N2O2/c1-10(2)14-5-6-15(20)16(17(14)21)19-8-11-3-4-13(18)7-12(11)9-19/h3-5,7,10,20-21H,8-9,18H2,1-2H3. The SMILES string of the molecule is CC(C)c1c[c]c(O)c(N2Cc3ccc(N)cc3C2)c1O. The summed E-state index contributed by atoms with van der Waals surface area (Å²) in [7, 11) is 0. The number of hydrogen-bond acceptors (Lipinski definition) is 4. The van der Waals surface area contributed by atoms with Crippen molar-refractivity contribution in [2.75, 3.05) is 10.6 Å². The summed E-state index contributed by atoms with van der Waals surface area (Å²) in [6, 6.07) is 10.3. The summed E-state index contributed by atoms with van der Waals surface area (Å²) in [5.41, 5.74) is 10.1. The van der Waals surface area contributed by atoms with E-state index in [-0.39, 0.29) is 17.4 Å². The van der Waals surface area contributed by atoms with E-state index in [0.29, 0.717) is 18.8 Å². The van der Waals surface area contributed by atoms with E-state index in [1.54, 1.807) is 6.07 Å². The Balaban J connectivity index is 2.01. The van der Waals surface area contributed by atoms with Gasteiger partial charge >= 0.3 is 0 Å². The zero-order chi connectivity index (χ0) is 15.1. The summed E-state index contributed by atoms with van der Waals surface area (Å²) in [4.78, 5) is 1.96. The monoisotopic (exact) mass is 283 g/mol. The molecule has 21 heavy (non-hydrogen) atoms. The number of phenols is 2. The van der Waals surface area contributed by atoms with Gasteiger partial charge in [0.15, 0.2) is 5.75 Å². The van der Waals surface area contributed by atoms with Crippen molar-refractivity contribution in [1.29, 1.82) is 0 Å². The van der Waals surface area contributed by atoms with Crippen LogP contribution < -0.4 is 10.6 Å². The van der Waals surface area contributed by atoms with Crippen molar-refractivity contribution >= 4 is 11.4 Å². The van der Waals surface area contributed by atoms with Crippen LogP contribution in [0.2, 0.25) is 0 Å². The summed E-state index contributed by atoms with van der Waals surface area (Å²) in [5, 5.41) is 20.6. The molecule has 1 radical (unpaired) electrons. The van der Waals surface area contributed by atoms with Crippen molar-refractivity contribution in [1.82, 2.24) is 0 Å². The van der Waals surface area contributed by atoms with Gasteiger partial charge in [-0.25, -0.2) is 0 Å². The lowest BCUT2D eigenvalue weighted by molar-refractivity contribution is 0.441. The summed E-state index contributed by atoms with van der Waals surface area (Å²) >= 11 is 0. The average molecular weight is 283 g/mol. The van der Waals surface area contributed by atoms with Crippen LogP contribution >= 0.6 is 0 Å². The van der Waals surface area contributed by atoms with Gasteiger partial charge in [0.05, 0.1) is 0 Å². The average Bonchev–Trinajstić information content (AvgIpc) is 2.80. The van der Waals surface area contributed by atoms with E-state index < -0.39 is 0 Å². The second-order valence-electron chi connectivity index (χ2n) is 5.83. The maximum absolute atomic E-state index is 10.5. The summed E-state index contributed by atoms with van der Waals surface area (Å²) in [6.07, 6.45) is 0. The zero-order valence-corrected chi connectivity index (χ0v) is 12.2. The number of nitrogens with zero attached hydrogens (tertiary/aromatic N) is 1. The normalized spacial score (nSPS) is 13.8. The Hall–Kier alpha value is -2.36. The minimum atomic E-state index is -0.0160. The van der Waals surface area contributed by atoms with Crippen LogP contribution in [-0.4, -0.2) is 10.2 Å². The molecule has 4 nitrogen and oxygen atoms in total. The van der Waals surface area contributed by atoms with Crippen LogP contribution in [0.15, 0.2) is 24.3 Å². The molecule has 4 N–H and O–H groups in total. The largest absolute Gasteiger partial charge is 0.505 e. The second-order valence-corrected chi connectivity index (χ2v) is 5.83. The van der Waals surface area contributed by atoms with Crippen LogP contribution in [0.1, 0.15) is 36.5 Å². The van der Waals surface area contributed by atoms with E-state index in [4.69, 9.17) is 5.73 Å². The van der Waals surface area contributed by atoms with E-state index in [1.165, 1.54) is 0 Å². The molecule has 1 heterocycles. The van der Waals surface area contributed by atoms with Gasteiger partial charge in [0.25, 0.3) is 0 Å². The van der Waals surface area contributed by atoms with Crippen LogP contribution in [0.4, 0.5) is 11.4 Å². The molecule has 0 amide bonds. The molecule has 0 atom stereocenters.